The van der Waals surface area contributed by atoms with Crippen molar-refractivity contribution < 1.29 is 9.59 Å². The van der Waals surface area contributed by atoms with Crippen LogP contribution in [0.5, 0.6) is 0 Å². The molecule has 76 valence electrons. The van der Waals surface area contributed by atoms with Gasteiger partial charge in [-0.25, -0.2) is 0 Å². The van der Waals surface area contributed by atoms with Gasteiger partial charge in [0.2, 0.25) is 11.8 Å². The van der Waals surface area contributed by atoms with E-state index in [2.05, 4.69) is 15.3 Å². The molecule has 0 aliphatic rings. The zero-order valence-electron chi connectivity index (χ0n) is 7.97. The van der Waals surface area contributed by atoms with E-state index in [1.807, 2.05) is 0 Å². The molecule has 0 saturated heterocycles. The molecule has 0 heterocycles. The number of nitrogens with one attached hydrogen (secondary N) is 1. The maximum Gasteiger partial charge on any atom is 0.249 e. The summed E-state index contributed by atoms with van der Waals surface area (Å²) >= 11 is 0. The summed E-state index contributed by atoms with van der Waals surface area (Å²) in [5.74, 6) is -0.837. The Balaban J connectivity index is 2.85. The highest BCUT2D eigenvalue weighted by Gasteiger charge is 2.02. The molecule has 0 unspecified atom stereocenters. The Bertz CT molecular complexity index is 432. The van der Waals surface area contributed by atoms with Crippen molar-refractivity contribution in [3.63, 3.8) is 0 Å². The Labute approximate surface area is 85.5 Å². The van der Waals surface area contributed by atoms with Crippen LogP contribution in [0.25, 0.3) is 10.4 Å². The molecule has 0 radical (unpaired) electrons. The van der Waals surface area contributed by atoms with Crippen LogP contribution in [0.4, 0.5) is 5.69 Å². The van der Waals surface area contributed by atoms with Gasteiger partial charge in [-0.2, -0.15) is 0 Å². The van der Waals surface area contributed by atoms with E-state index in [4.69, 9.17) is 5.53 Å². The number of amides is 2. The molecule has 6 heteroatoms. The van der Waals surface area contributed by atoms with Crippen molar-refractivity contribution in [2.75, 3.05) is 5.32 Å². The number of carbonyl (C=O) groups is 2. The molecule has 1 aromatic rings. The van der Waals surface area contributed by atoms with E-state index in [0.29, 0.717) is 5.69 Å². The topological polar surface area (TPSA) is 94.9 Å². The molecule has 1 N–H and O–H groups in total. The van der Waals surface area contributed by atoms with Gasteiger partial charge < -0.3 is 5.32 Å². The minimum Gasteiger partial charge on any atom is -0.326 e. The quantitative estimate of drug-likeness (QED) is 0.453. The number of benzene rings is 1. The first kappa shape index (κ1) is 10.7. The van der Waals surface area contributed by atoms with Crippen LogP contribution in [0.3, 0.4) is 0 Å². The maximum atomic E-state index is 11.1. The average molecular weight is 204 g/mol. The summed E-state index contributed by atoms with van der Waals surface area (Å²) in [6.07, 6.45) is 0. The fourth-order valence-electron chi connectivity index (χ4n) is 0.998. The standard InChI is InChI=1S/C9H8N4O2/c1-6(14)11-8-4-2-7(3-5-8)9(15)12-13-10/h2-5H,1H3,(H,11,14). The first-order valence-corrected chi connectivity index (χ1v) is 4.10. The van der Waals surface area contributed by atoms with Gasteiger partial charge in [-0.05, 0) is 34.9 Å². The van der Waals surface area contributed by atoms with Gasteiger partial charge in [0.05, 0.1) is 0 Å². The van der Waals surface area contributed by atoms with Crippen LogP contribution in [0.15, 0.2) is 29.4 Å². The fraction of sp³-hybridized carbons (Fsp3) is 0.111. The van der Waals surface area contributed by atoms with Crippen molar-refractivity contribution in [2.24, 2.45) is 5.11 Å². The third kappa shape index (κ3) is 3.13. The number of carbonyl (C=O) groups excluding carboxylic acids is 2. The second-order valence-electron chi connectivity index (χ2n) is 2.75. The zero-order valence-corrected chi connectivity index (χ0v) is 7.97. The lowest BCUT2D eigenvalue weighted by atomic mass is 10.2. The lowest BCUT2D eigenvalue weighted by Gasteiger charge is -2.01. The second-order valence-corrected chi connectivity index (χ2v) is 2.75. The van der Waals surface area contributed by atoms with Gasteiger partial charge in [-0.3, -0.25) is 9.59 Å². The highest BCUT2D eigenvalue weighted by Crippen LogP contribution is 2.10. The minimum atomic E-state index is -0.646. The maximum absolute atomic E-state index is 11.1. The lowest BCUT2D eigenvalue weighted by Crippen LogP contribution is -2.05. The SMILES string of the molecule is CC(=O)Nc1ccc(C(=O)N=[N+]=[N-])cc1. The monoisotopic (exact) mass is 204 g/mol. The Kier molecular flexibility index (Phi) is 3.43. The molecule has 0 atom stereocenters. The van der Waals surface area contributed by atoms with Crippen LogP contribution >= 0.6 is 0 Å². The van der Waals surface area contributed by atoms with Crippen molar-refractivity contribution in [3.8, 4) is 0 Å². The van der Waals surface area contributed by atoms with Crippen LogP contribution in [-0.4, -0.2) is 11.8 Å². The molecule has 0 aliphatic heterocycles. The zero-order chi connectivity index (χ0) is 11.3. The summed E-state index contributed by atoms with van der Waals surface area (Å²) in [6, 6.07) is 6.06. The molecule has 0 aromatic heterocycles. The normalized spacial score (nSPS) is 8.87. The number of rotatable bonds is 2. The van der Waals surface area contributed by atoms with Gasteiger partial charge in [0, 0.05) is 23.1 Å². The molecule has 0 fully saturated rings. The first-order valence-electron chi connectivity index (χ1n) is 4.10. The van der Waals surface area contributed by atoms with Crippen LogP contribution in [-0.2, 0) is 4.79 Å². The van der Waals surface area contributed by atoms with E-state index < -0.39 is 5.91 Å². The van der Waals surface area contributed by atoms with E-state index in [1.165, 1.54) is 19.1 Å². The number of anilines is 1. The third-order valence-corrected chi connectivity index (χ3v) is 1.59. The smallest absolute Gasteiger partial charge is 0.249 e. The van der Waals surface area contributed by atoms with Crippen molar-refractivity contribution in [1.82, 2.24) is 0 Å². The highest BCUT2D eigenvalue weighted by atomic mass is 16.2. The van der Waals surface area contributed by atoms with Crippen LogP contribution in [0, 0.1) is 0 Å². The third-order valence-electron chi connectivity index (χ3n) is 1.59. The Morgan fingerprint density at radius 1 is 1.33 bits per heavy atom. The van der Waals surface area contributed by atoms with E-state index in [1.54, 1.807) is 12.1 Å². The van der Waals surface area contributed by atoms with Crippen molar-refractivity contribution in [3.05, 3.63) is 40.3 Å². The predicted octanol–water partition coefficient (Wildman–Crippen LogP) is 2.10. The van der Waals surface area contributed by atoms with Crippen LogP contribution in [0.1, 0.15) is 17.3 Å². The summed E-state index contributed by atoms with van der Waals surface area (Å²) in [5.41, 5.74) is 8.91. The van der Waals surface area contributed by atoms with Gasteiger partial charge in [0.25, 0.3) is 0 Å². The van der Waals surface area contributed by atoms with E-state index >= 15 is 0 Å². The molecule has 0 spiro atoms. The van der Waals surface area contributed by atoms with Gasteiger partial charge >= 0.3 is 0 Å². The van der Waals surface area contributed by atoms with E-state index in [9.17, 15) is 9.59 Å². The van der Waals surface area contributed by atoms with E-state index in [0.717, 1.165) is 0 Å². The van der Waals surface area contributed by atoms with Gasteiger partial charge in [-0.15, -0.1) is 0 Å². The molecule has 2 amide bonds. The Morgan fingerprint density at radius 3 is 2.40 bits per heavy atom. The van der Waals surface area contributed by atoms with Crippen LogP contribution in [0.2, 0.25) is 0 Å². The van der Waals surface area contributed by atoms with Crippen molar-refractivity contribution in [2.45, 2.75) is 6.92 Å². The molecule has 0 aliphatic carbocycles. The second kappa shape index (κ2) is 4.78. The highest BCUT2D eigenvalue weighted by molar-refractivity contribution is 5.96. The number of azide groups is 1. The summed E-state index contributed by atoms with van der Waals surface area (Å²) in [6.45, 7) is 1.39. The van der Waals surface area contributed by atoms with Gasteiger partial charge in [0.1, 0.15) is 0 Å². The number of hydrogen-bond donors (Lipinski definition) is 1. The molecular weight excluding hydrogens is 196 g/mol. The first-order chi connectivity index (χ1) is 7.13. The summed E-state index contributed by atoms with van der Waals surface area (Å²) < 4.78 is 0. The Hall–Kier alpha value is -2.33. The summed E-state index contributed by atoms with van der Waals surface area (Å²) in [7, 11) is 0. The molecule has 1 aromatic carbocycles. The summed E-state index contributed by atoms with van der Waals surface area (Å²) in [5, 5.41) is 5.49. The fourth-order valence-corrected chi connectivity index (χ4v) is 0.998. The lowest BCUT2D eigenvalue weighted by molar-refractivity contribution is -0.114. The Morgan fingerprint density at radius 2 is 1.93 bits per heavy atom. The molecule has 1 rings (SSSR count). The van der Waals surface area contributed by atoms with Crippen LogP contribution < -0.4 is 5.32 Å². The molecular formula is C9H8N4O2. The van der Waals surface area contributed by atoms with E-state index in [-0.39, 0.29) is 11.5 Å². The number of nitrogens with zero attached hydrogens (tertiary/aromatic N) is 3. The van der Waals surface area contributed by atoms with Crippen molar-refractivity contribution in [1.29, 1.82) is 0 Å². The minimum absolute atomic E-state index is 0.191. The average Bonchev–Trinajstić information content (AvgIpc) is 2.18. The predicted molar refractivity (Wildman–Crippen MR) is 54.2 cm³/mol. The largest absolute Gasteiger partial charge is 0.326 e. The molecule has 15 heavy (non-hydrogen) atoms. The molecule has 6 nitrogen and oxygen atoms in total. The van der Waals surface area contributed by atoms with Gasteiger partial charge in [-0.1, -0.05) is 0 Å². The number of hydrogen-bond acceptors (Lipinski definition) is 2. The van der Waals surface area contributed by atoms with Gasteiger partial charge in [0.15, 0.2) is 0 Å². The van der Waals surface area contributed by atoms with Crippen molar-refractivity contribution >= 4 is 17.5 Å². The summed E-state index contributed by atoms with van der Waals surface area (Å²) in [4.78, 5) is 24.1. The molecule has 0 saturated carbocycles. The molecule has 0 bridgehead atoms.